The number of hydrogen-bond donors (Lipinski definition) is 2. The van der Waals surface area contributed by atoms with Crippen LogP contribution < -0.4 is 14.9 Å². The predicted octanol–water partition coefficient (Wildman–Crippen LogP) is 3.39. The Labute approximate surface area is 191 Å². The van der Waals surface area contributed by atoms with Crippen LogP contribution in [0.25, 0.3) is 0 Å². The van der Waals surface area contributed by atoms with Crippen molar-refractivity contribution >= 4 is 27.3 Å². The standard InChI is InChI=1S/C24H34N4O3S/c1-5-6-13-27(4)24(29)20-8-9-22(28-14-11-25-12-15-28)21(17-20)26-32(30,31)23-10-7-18(2)16-19(23)3/h7-10,16-17,25-26H,5-6,11-15H2,1-4H3. The molecular weight excluding hydrogens is 424 g/mol. The zero-order valence-electron chi connectivity index (χ0n) is 19.4. The molecule has 2 aromatic rings. The number of unbranched alkanes of at least 4 members (excludes halogenated alkanes) is 1. The fourth-order valence-electron chi connectivity index (χ4n) is 3.95. The third-order valence-corrected chi connectivity index (χ3v) is 7.28. The second-order valence-electron chi connectivity index (χ2n) is 8.42. The first-order chi connectivity index (χ1) is 15.2. The molecule has 0 bridgehead atoms. The van der Waals surface area contributed by atoms with Crippen molar-refractivity contribution in [3.63, 3.8) is 0 Å². The van der Waals surface area contributed by atoms with Crippen molar-refractivity contribution in [2.24, 2.45) is 0 Å². The maximum atomic E-state index is 13.3. The number of piperazine rings is 1. The Morgan fingerprint density at radius 2 is 1.84 bits per heavy atom. The van der Waals surface area contributed by atoms with Crippen LogP contribution in [0, 0.1) is 13.8 Å². The summed E-state index contributed by atoms with van der Waals surface area (Å²) in [5.74, 6) is -0.114. The highest BCUT2D eigenvalue weighted by Gasteiger charge is 2.23. The molecule has 0 aromatic heterocycles. The zero-order chi connectivity index (χ0) is 23.3. The lowest BCUT2D eigenvalue weighted by atomic mass is 10.1. The number of amides is 1. The fourth-order valence-corrected chi connectivity index (χ4v) is 5.24. The number of sulfonamides is 1. The third-order valence-electron chi connectivity index (χ3n) is 5.76. The SMILES string of the molecule is CCCCN(C)C(=O)c1ccc(N2CCNCC2)c(NS(=O)(=O)c2ccc(C)cc2C)c1. The summed E-state index contributed by atoms with van der Waals surface area (Å²) in [7, 11) is -2.04. The van der Waals surface area contributed by atoms with Gasteiger partial charge in [0.2, 0.25) is 0 Å². The first-order valence-corrected chi connectivity index (χ1v) is 12.7. The second-order valence-corrected chi connectivity index (χ2v) is 10.1. The van der Waals surface area contributed by atoms with Crippen molar-refractivity contribution in [1.29, 1.82) is 0 Å². The van der Waals surface area contributed by atoms with Gasteiger partial charge in [0, 0.05) is 45.3 Å². The number of aryl methyl sites for hydroxylation is 2. The van der Waals surface area contributed by atoms with Crippen LogP contribution in [0.15, 0.2) is 41.3 Å². The molecule has 1 fully saturated rings. The van der Waals surface area contributed by atoms with Crippen molar-refractivity contribution in [3.05, 3.63) is 53.1 Å². The molecular formula is C24H34N4O3S. The highest BCUT2D eigenvalue weighted by atomic mass is 32.2. The predicted molar refractivity (Wildman–Crippen MR) is 130 cm³/mol. The van der Waals surface area contributed by atoms with E-state index in [1.165, 1.54) is 0 Å². The van der Waals surface area contributed by atoms with Crippen LogP contribution in [0.3, 0.4) is 0 Å². The summed E-state index contributed by atoms with van der Waals surface area (Å²) in [6.45, 7) is 9.65. The van der Waals surface area contributed by atoms with Gasteiger partial charge in [-0.15, -0.1) is 0 Å². The summed E-state index contributed by atoms with van der Waals surface area (Å²) < 4.78 is 29.4. The van der Waals surface area contributed by atoms with E-state index in [0.717, 1.165) is 50.3 Å². The van der Waals surface area contributed by atoms with Gasteiger partial charge in [-0.3, -0.25) is 9.52 Å². The van der Waals surface area contributed by atoms with E-state index in [-0.39, 0.29) is 10.8 Å². The Balaban J connectivity index is 1.99. The molecule has 0 aliphatic carbocycles. The van der Waals surface area contributed by atoms with Crippen LogP contribution in [0.2, 0.25) is 0 Å². The third kappa shape index (κ3) is 5.61. The average Bonchev–Trinajstić information content (AvgIpc) is 2.77. The molecule has 1 saturated heterocycles. The van der Waals surface area contributed by atoms with Gasteiger partial charge in [0.1, 0.15) is 0 Å². The van der Waals surface area contributed by atoms with Crippen LogP contribution >= 0.6 is 0 Å². The van der Waals surface area contributed by atoms with Crippen molar-refractivity contribution < 1.29 is 13.2 Å². The van der Waals surface area contributed by atoms with Gasteiger partial charge < -0.3 is 15.1 Å². The number of carbonyl (C=O) groups excluding carboxylic acids is 1. The van der Waals surface area contributed by atoms with E-state index >= 15 is 0 Å². The number of hydrogen-bond acceptors (Lipinski definition) is 5. The van der Waals surface area contributed by atoms with Crippen LogP contribution in [0.5, 0.6) is 0 Å². The fraction of sp³-hybridized carbons (Fsp3) is 0.458. The normalized spacial score (nSPS) is 14.3. The minimum atomic E-state index is -3.82. The van der Waals surface area contributed by atoms with Crippen molar-refractivity contribution in [2.75, 3.05) is 49.4 Å². The average molecular weight is 459 g/mol. The van der Waals surface area contributed by atoms with Crippen molar-refractivity contribution in [3.8, 4) is 0 Å². The smallest absolute Gasteiger partial charge is 0.262 e. The number of nitrogens with one attached hydrogen (secondary N) is 2. The van der Waals surface area contributed by atoms with E-state index in [1.807, 2.05) is 19.1 Å². The molecule has 174 valence electrons. The Kier molecular flexibility index (Phi) is 7.79. The molecule has 2 aromatic carbocycles. The first-order valence-electron chi connectivity index (χ1n) is 11.2. The highest BCUT2D eigenvalue weighted by Crippen LogP contribution is 2.31. The summed E-state index contributed by atoms with van der Waals surface area (Å²) in [5, 5.41) is 3.31. The van der Waals surface area contributed by atoms with Gasteiger partial charge in [-0.05, 0) is 50.1 Å². The van der Waals surface area contributed by atoms with E-state index in [4.69, 9.17) is 0 Å². The zero-order valence-corrected chi connectivity index (χ0v) is 20.3. The summed E-state index contributed by atoms with van der Waals surface area (Å²) in [4.78, 5) is 17.0. The topological polar surface area (TPSA) is 81.8 Å². The molecule has 3 rings (SSSR count). The Hall–Kier alpha value is -2.58. The molecule has 0 radical (unpaired) electrons. The number of nitrogens with zero attached hydrogens (tertiary/aromatic N) is 2. The molecule has 7 nitrogen and oxygen atoms in total. The summed E-state index contributed by atoms with van der Waals surface area (Å²) >= 11 is 0. The molecule has 0 atom stereocenters. The van der Waals surface area contributed by atoms with Gasteiger partial charge in [-0.1, -0.05) is 31.0 Å². The van der Waals surface area contributed by atoms with Gasteiger partial charge >= 0.3 is 0 Å². The number of benzene rings is 2. The summed E-state index contributed by atoms with van der Waals surface area (Å²) in [6.07, 6.45) is 1.92. The number of rotatable bonds is 8. The quantitative estimate of drug-likeness (QED) is 0.634. The van der Waals surface area contributed by atoms with E-state index in [2.05, 4.69) is 21.9 Å². The van der Waals surface area contributed by atoms with Crippen LogP contribution in [-0.4, -0.2) is 59.0 Å². The molecule has 32 heavy (non-hydrogen) atoms. The van der Waals surface area contributed by atoms with Crippen LogP contribution in [0.1, 0.15) is 41.3 Å². The monoisotopic (exact) mass is 458 g/mol. The molecule has 2 N–H and O–H groups in total. The molecule has 1 aliphatic rings. The van der Waals surface area contributed by atoms with Gasteiger partial charge in [-0.2, -0.15) is 0 Å². The molecule has 0 unspecified atom stereocenters. The second kappa shape index (κ2) is 10.4. The highest BCUT2D eigenvalue weighted by molar-refractivity contribution is 7.92. The minimum absolute atomic E-state index is 0.114. The maximum absolute atomic E-state index is 13.3. The molecule has 8 heteroatoms. The van der Waals surface area contributed by atoms with Gasteiger partial charge in [-0.25, -0.2) is 8.42 Å². The molecule has 1 aliphatic heterocycles. The van der Waals surface area contributed by atoms with Gasteiger partial charge in [0.05, 0.1) is 16.3 Å². The van der Waals surface area contributed by atoms with E-state index in [9.17, 15) is 13.2 Å². The summed E-state index contributed by atoms with van der Waals surface area (Å²) in [5.41, 5.74) is 3.38. The van der Waals surface area contributed by atoms with Crippen molar-refractivity contribution in [2.45, 2.75) is 38.5 Å². The number of carbonyl (C=O) groups is 1. The molecule has 1 amide bonds. The Morgan fingerprint density at radius 3 is 2.50 bits per heavy atom. The summed E-state index contributed by atoms with van der Waals surface area (Å²) in [6, 6.07) is 10.6. The Morgan fingerprint density at radius 1 is 1.12 bits per heavy atom. The largest absolute Gasteiger partial charge is 0.367 e. The Bertz CT molecular complexity index is 1060. The van der Waals surface area contributed by atoms with E-state index in [1.54, 1.807) is 43.1 Å². The lowest BCUT2D eigenvalue weighted by Crippen LogP contribution is -2.43. The minimum Gasteiger partial charge on any atom is -0.367 e. The molecule has 1 heterocycles. The lowest BCUT2D eigenvalue weighted by molar-refractivity contribution is 0.0793. The first kappa shape index (κ1) is 24.1. The van der Waals surface area contributed by atoms with Crippen molar-refractivity contribution in [1.82, 2.24) is 10.2 Å². The van der Waals surface area contributed by atoms with Gasteiger partial charge in [0.25, 0.3) is 15.9 Å². The molecule has 0 saturated carbocycles. The number of anilines is 2. The molecule has 0 spiro atoms. The maximum Gasteiger partial charge on any atom is 0.262 e. The van der Waals surface area contributed by atoms with E-state index < -0.39 is 10.0 Å². The lowest BCUT2D eigenvalue weighted by Gasteiger charge is -2.31. The van der Waals surface area contributed by atoms with Crippen LogP contribution in [-0.2, 0) is 10.0 Å². The van der Waals surface area contributed by atoms with Crippen LogP contribution in [0.4, 0.5) is 11.4 Å². The van der Waals surface area contributed by atoms with Gasteiger partial charge in [0.15, 0.2) is 0 Å². The van der Waals surface area contributed by atoms with E-state index in [0.29, 0.717) is 23.4 Å².